The molecule has 0 aliphatic carbocycles. The average Bonchev–Trinajstić information content (AvgIpc) is 2.85. The molecule has 1 N–H and O–H groups in total. The maximum absolute atomic E-state index is 12.0. The van der Waals surface area contributed by atoms with Gasteiger partial charge in [-0.05, 0) is 18.4 Å². The number of aromatic nitrogens is 2. The van der Waals surface area contributed by atoms with Gasteiger partial charge in [-0.2, -0.15) is 0 Å². The minimum Gasteiger partial charge on any atom is -0.478 e. The Morgan fingerprint density at radius 2 is 2.22 bits per heavy atom. The van der Waals surface area contributed by atoms with Gasteiger partial charge in [0, 0.05) is 0 Å². The summed E-state index contributed by atoms with van der Waals surface area (Å²) in [6.45, 7) is 1.74. The second-order valence-corrected chi connectivity index (χ2v) is 6.26. The second kappa shape index (κ2) is 4.91. The molecule has 18 heavy (non-hydrogen) atoms. The number of aryl methyl sites for hydroxylation is 1. The Labute approximate surface area is 109 Å². The van der Waals surface area contributed by atoms with Gasteiger partial charge < -0.3 is 4.74 Å². The highest BCUT2D eigenvalue weighted by Gasteiger charge is 2.19. The number of methoxy groups -OCH3 is 1. The van der Waals surface area contributed by atoms with Crippen LogP contribution in [0.2, 0.25) is 0 Å². The van der Waals surface area contributed by atoms with E-state index in [9.17, 15) is 8.42 Å². The van der Waals surface area contributed by atoms with Crippen molar-refractivity contribution in [3.8, 4) is 5.88 Å². The molecule has 0 spiro atoms. The first-order valence-electron chi connectivity index (χ1n) is 4.97. The van der Waals surface area contributed by atoms with E-state index in [1.54, 1.807) is 18.4 Å². The van der Waals surface area contributed by atoms with Gasteiger partial charge in [0.15, 0.2) is 0 Å². The summed E-state index contributed by atoms with van der Waals surface area (Å²) in [7, 11) is -2.22. The lowest BCUT2D eigenvalue weighted by Crippen LogP contribution is -2.14. The number of thiophene rings is 1. The zero-order chi connectivity index (χ0) is 13.2. The third-order valence-corrected chi connectivity index (χ3v) is 4.78. The zero-order valence-corrected chi connectivity index (χ0v) is 11.4. The molecule has 0 radical (unpaired) electrons. The number of nitrogens with one attached hydrogen (secondary N) is 1. The number of rotatable bonds is 4. The van der Waals surface area contributed by atoms with Crippen LogP contribution in [-0.4, -0.2) is 25.5 Å². The van der Waals surface area contributed by atoms with E-state index < -0.39 is 10.0 Å². The van der Waals surface area contributed by atoms with Crippen LogP contribution in [0.4, 0.5) is 5.82 Å². The van der Waals surface area contributed by atoms with Gasteiger partial charge in [-0.15, -0.1) is 11.3 Å². The molecule has 2 heterocycles. The fraction of sp³-hybridized carbons (Fsp3) is 0.200. The van der Waals surface area contributed by atoms with Gasteiger partial charge in [0.2, 0.25) is 5.82 Å². The summed E-state index contributed by atoms with van der Waals surface area (Å²) in [6.07, 6.45) is 1.47. The van der Waals surface area contributed by atoms with Crippen LogP contribution in [-0.2, 0) is 10.0 Å². The monoisotopic (exact) mass is 285 g/mol. The minimum atomic E-state index is -3.63. The number of hydrogen-bond acceptors (Lipinski definition) is 6. The molecule has 2 aromatic heterocycles. The zero-order valence-electron chi connectivity index (χ0n) is 9.75. The minimum absolute atomic E-state index is 0.0801. The van der Waals surface area contributed by atoms with Crippen LogP contribution in [0, 0.1) is 6.92 Å². The number of sulfonamides is 1. The van der Waals surface area contributed by atoms with Gasteiger partial charge in [0.05, 0.1) is 19.0 Å². The Morgan fingerprint density at radius 3 is 2.83 bits per heavy atom. The van der Waals surface area contributed by atoms with Crippen molar-refractivity contribution in [2.24, 2.45) is 0 Å². The van der Waals surface area contributed by atoms with Crippen LogP contribution in [0.3, 0.4) is 0 Å². The SMILES string of the molecule is COc1nc(C)cnc1NS(=O)(=O)c1cccs1. The second-order valence-electron chi connectivity index (χ2n) is 3.41. The van der Waals surface area contributed by atoms with Crippen LogP contribution >= 0.6 is 11.3 Å². The molecule has 2 rings (SSSR count). The normalized spacial score (nSPS) is 11.2. The summed E-state index contributed by atoms with van der Waals surface area (Å²) in [5.41, 5.74) is 0.644. The molecule has 0 saturated heterocycles. The van der Waals surface area contributed by atoms with Crippen LogP contribution in [0.15, 0.2) is 27.9 Å². The molecule has 0 amide bonds. The van der Waals surface area contributed by atoms with Gasteiger partial charge in [0.1, 0.15) is 4.21 Å². The van der Waals surface area contributed by atoms with Crippen molar-refractivity contribution in [3.63, 3.8) is 0 Å². The van der Waals surface area contributed by atoms with Crippen molar-refractivity contribution in [2.75, 3.05) is 11.8 Å². The summed E-state index contributed by atoms with van der Waals surface area (Å²) >= 11 is 1.13. The summed E-state index contributed by atoms with van der Waals surface area (Å²) in [6, 6.07) is 3.18. The topological polar surface area (TPSA) is 81.2 Å². The summed E-state index contributed by atoms with van der Waals surface area (Å²) in [5.74, 6) is 0.228. The molecule has 96 valence electrons. The molecule has 0 aliphatic rings. The molecule has 0 aliphatic heterocycles. The van der Waals surface area contributed by atoms with Crippen molar-refractivity contribution in [1.82, 2.24) is 9.97 Å². The number of anilines is 1. The van der Waals surface area contributed by atoms with Crippen molar-refractivity contribution in [2.45, 2.75) is 11.1 Å². The predicted molar refractivity (Wildman–Crippen MR) is 68.4 cm³/mol. The van der Waals surface area contributed by atoms with Gasteiger partial charge in [-0.25, -0.2) is 18.4 Å². The van der Waals surface area contributed by atoms with Crippen LogP contribution < -0.4 is 9.46 Å². The van der Waals surface area contributed by atoms with E-state index in [-0.39, 0.29) is 15.9 Å². The van der Waals surface area contributed by atoms with E-state index in [4.69, 9.17) is 4.74 Å². The van der Waals surface area contributed by atoms with E-state index in [1.165, 1.54) is 19.4 Å². The van der Waals surface area contributed by atoms with Gasteiger partial charge in [-0.3, -0.25) is 4.72 Å². The lowest BCUT2D eigenvalue weighted by molar-refractivity contribution is 0.397. The lowest BCUT2D eigenvalue weighted by atomic mass is 10.5. The molecule has 6 nitrogen and oxygen atoms in total. The Bertz CT molecular complexity index is 638. The maximum Gasteiger partial charge on any atom is 0.272 e. The Balaban J connectivity index is 2.35. The maximum atomic E-state index is 12.0. The third-order valence-electron chi connectivity index (χ3n) is 2.05. The molecule has 0 bridgehead atoms. The third kappa shape index (κ3) is 2.59. The van der Waals surface area contributed by atoms with Gasteiger partial charge in [0.25, 0.3) is 15.9 Å². The fourth-order valence-corrected chi connectivity index (χ4v) is 3.26. The molecular formula is C10H11N3O3S2. The van der Waals surface area contributed by atoms with E-state index >= 15 is 0 Å². The molecule has 8 heteroatoms. The van der Waals surface area contributed by atoms with Crippen molar-refractivity contribution in [3.05, 3.63) is 29.4 Å². The highest BCUT2D eigenvalue weighted by Crippen LogP contribution is 2.24. The quantitative estimate of drug-likeness (QED) is 0.924. The predicted octanol–water partition coefficient (Wildman–Crippen LogP) is 1.66. The van der Waals surface area contributed by atoms with Crippen molar-refractivity contribution in [1.29, 1.82) is 0 Å². The van der Waals surface area contributed by atoms with Crippen molar-refractivity contribution >= 4 is 27.2 Å². The molecule has 0 atom stereocenters. The van der Waals surface area contributed by atoms with Crippen LogP contribution in [0.25, 0.3) is 0 Å². The number of ether oxygens (including phenoxy) is 1. The summed E-state index contributed by atoms with van der Waals surface area (Å²) in [4.78, 5) is 8.02. The molecule has 0 unspecified atom stereocenters. The molecular weight excluding hydrogens is 274 g/mol. The van der Waals surface area contributed by atoms with E-state index in [2.05, 4.69) is 14.7 Å². The van der Waals surface area contributed by atoms with Gasteiger partial charge in [-0.1, -0.05) is 6.07 Å². The smallest absolute Gasteiger partial charge is 0.272 e. The number of hydrogen-bond donors (Lipinski definition) is 1. The van der Waals surface area contributed by atoms with E-state index in [0.717, 1.165) is 11.3 Å². The standard InChI is InChI=1S/C10H11N3O3S2/c1-7-6-11-9(10(12-7)16-2)13-18(14,15)8-4-3-5-17-8/h3-6H,1-2H3,(H,11,13). The Hall–Kier alpha value is -1.67. The van der Waals surface area contributed by atoms with Gasteiger partial charge >= 0.3 is 0 Å². The first-order valence-corrected chi connectivity index (χ1v) is 7.33. The largest absolute Gasteiger partial charge is 0.478 e. The molecule has 0 saturated carbocycles. The fourth-order valence-electron chi connectivity index (χ4n) is 1.26. The number of nitrogens with zero attached hydrogens (tertiary/aromatic N) is 2. The first kappa shape index (κ1) is 12.8. The summed E-state index contributed by atoms with van der Waals surface area (Å²) in [5, 5.41) is 1.69. The van der Waals surface area contributed by atoms with Crippen LogP contribution in [0.1, 0.15) is 5.69 Å². The molecule has 0 aromatic carbocycles. The molecule has 0 fully saturated rings. The highest BCUT2D eigenvalue weighted by molar-refractivity contribution is 7.94. The first-order chi connectivity index (χ1) is 8.53. The molecule has 2 aromatic rings. The Morgan fingerprint density at radius 1 is 1.44 bits per heavy atom. The Kier molecular flexibility index (Phi) is 3.48. The van der Waals surface area contributed by atoms with Crippen molar-refractivity contribution < 1.29 is 13.2 Å². The summed E-state index contributed by atoms with van der Waals surface area (Å²) < 4.78 is 31.5. The van der Waals surface area contributed by atoms with E-state index in [0.29, 0.717) is 5.69 Å². The lowest BCUT2D eigenvalue weighted by Gasteiger charge is -2.09. The van der Waals surface area contributed by atoms with Crippen LogP contribution in [0.5, 0.6) is 5.88 Å². The average molecular weight is 285 g/mol. The van der Waals surface area contributed by atoms with E-state index in [1.807, 2.05) is 0 Å². The highest BCUT2D eigenvalue weighted by atomic mass is 32.2.